The second-order valence-electron chi connectivity index (χ2n) is 5.70. The van der Waals surface area contributed by atoms with Crippen LogP contribution in [0.3, 0.4) is 0 Å². The molecule has 4 rings (SSSR count). The number of fused-ring (bicyclic) bond motifs is 1. The summed E-state index contributed by atoms with van der Waals surface area (Å²) in [5, 5.41) is 5.22. The third-order valence-corrected chi connectivity index (χ3v) is 4.00. The Hall–Kier alpha value is -3.75. The molecule has 6 N–H and O–H groups in total. The Bertz CT molecular complexity index is 1100. The average molecular weight is 380 g/mol. The zero-order chi connectivity index (χ0) is 20.3. The predicted octanol–water partition coefficient (Wildman–Crippen LogP) is 2.85. The molecule has 144 valence electrons. The zero-order valence-electron chi connectivity index (χ0n) is 15.6. The standard InChI is InChI=1S/C17H15FN8.C2H6/c18-11-6-2-1-4-9(11)8-26-17-10(5-3-7-22-17)13(25-26)16-23-14(20)12(19)15(21)24-16;1-2/h1-7H,8,19H2,(H4,20,21,23,24);1-2H3. The van der Waals surface area contributed by atoms with Gasteiger partial charge in [0, 0.05) is 11.8 Å². The van der Waals surface area contributed by atoms with Gasteiger partial charge in [0.05, 0.1) is 11.9 Å². The zero-order valence-corrected chi connectivity index (χ0v) is 15.6. The van der Waals surface area contributed by atoms with Crippen LogP contribution in [0.15, 0.2) is 42.6 Å². The van der Waals surface area contributed by atoms with Gasteiger partial charge < -0.3 is 17.2 Å². The molecule has 0 saturated carbocycles. The average Bonchev–Trinajstić information content (AvgIpc) is 3.08. The minimum absolute atomic E-state index is 0.0770. The summed E-state index contributed by atoms with van der Waals surface area (Å²) in [5.74, 6) is 0.0757. The highest BCUT2D eigenvalue weighted by Gasteiger charge is 2.18. The van der Waals surface area contributed by atoms with E-state index in [0.717, 1.165) is 0 Å². The molecule has 1 aromatic carbocycles. The van der Waals surface area contributed by atoms with E-state index in [4.69, 9.17) is 17.2 Å². The van der Waals surface area contributed by atoms with Gasteiger partial charge in [0.15, 0.2) is 23.1 Å². The van der Waals surface area contributed by atoms with Crippen molar-refractivity contribution >= 4 is 28.4 Å². The maximum absolute atomic E-state index is 14.0. The summed E-state index contributed by atoms with van der Waals surface area (Å²) in [7, 11) is 0. The number of anilines is 3. The van der Waals surface area contributed by atoms with Crippen molar-refractivity contribution in [1.82, 2.24) is 24.7 Å². The summed E-state index contributed by atoms with van der Waals surface area (Å²) in [6.07, 6.45) is 1.64. The van der Waals surface area contributed by atoms with Gasteiger partial charge in [0.1, 0.15) is 17.2 Å². The van der Waals surface area contributed by atoms with Crippen LogP contribution in [0.5, 0.6) is 0 Å². The minimum atomic E-state index is -0.314. The fraction of sp³-hybridized carbons (Fsp3) is 0.158. The largest absolute Gasteiger partial charge is 0.393 e. The smallest absolute Gasteiger partial charge is 0.184 e. The van der Waals surface area contributed by atoms with Gasteiger partial charge in [-0.3, -0.25) is 0 Å². The summed E-state index contributed by atoms with van der Waals surface area (Å²) in [6, 6.07) is 10.1. The summed E-state index contributed by atoms with van der Waals surface area (Å²) in [4.78, 5) is 12.7. The Morgan fingerprint density at radius 1 is 0.964 bits per heavy atom. The van der Waals surface area contributed by atoms with Crippen LogP contribution in [-0.2, 0) is 6.54 Å². The molecule has 0 aliphatic carbocycles. The van der Waals surface area contributed by atoms with Gasteiger partial charge in [-0.2, -0.15) is 5.10 Å². The highest BCUT2D eigenvalue weighted by molar-refractivity contribution is 5.90. The Morgan fingerprint density at radius 3 is 2.32 bits per heavy atom. The van der Waals surface area contributed by atoms with Crippen molar-refractivity contribution in [3.63, 3.8) is 0 Å². The summed E-state index contributed by atoms with van der Waals surface area (Å²) in [6.45, 7) is 4.21. The predicted molar refractivity (Wildman–Crippen MR) is 109 cm³/mol. The van der Waals surface area contributed by atoms with Gasteiger partial charge >= 0.3 is 0 Å². The van der Waals surface area contributed by atoms with Gasteiger partial charge in [0.25, 0.3) is 0 Å². The van der Waals surface area contributed by atoms with Gasteiger partial charge in [0.2, 0.25) is 0 Å². The van der Waals surface area contributed by atoms with E-state index in [1.54, 1.807) is 35.1 Å². The van der Waals surface area contributed by atoms with Crippen molar-refractivity contribution in [2.45, 2.75) is 20.4 Å². The molecule has 3 aromatic heterocycles. The van der Waals surface area contributed by atoms with Gasteiger partial charge in [-0.15, -0.1) is 0 Å². The van der Waals surface area contributed by atoms with E-state index >= 15 is 0 Å². The molecule has 28 heavy (non-hydrogen) atoms. The second-order valence-corrected chi connectivity index (χ2v) is 5.70. The number of hydrogen-bond donors (Lipinski definition) is 3. The molecule has 0 radical (unpaired) electrons. The maximum atomic E-state index is 14.0. The van der Waals surface area contributed by atoms with Gasteiger partial charge in [-0.1, -0.05) is 32.0 Å². The third kappa shape index (κ3) is 3.41. The summed E-state index contributed by atoms with van der Waals surface area (Å²) >= 11 is 0. The van der Waals surface area contributed by atoms with E-state index in [2.05, 4.69) is 20.1 Å². The van der Waals surface area contributed by atoms with E-state index in [9.17, 15) is 4.39 Å². The van der Waals surface area contributed by atoms with Gasteiger partial charge in [-0.05, 0) is 18.2 Å². The molecule has 0 spiro atoms. The first-order valence-electron chi connectivity index (χ1n) is 8.78. The molecule has 0 atom stereocenters. The molecule has 4 aromatic rings. The number of nitrogen functional groups attached to an aromatic ring is 3. The molecular weight excluding hydrogens is 359 g/mol. The highest BCUT2D eigenvalue weighted by Crippen LogP contribution is 2.28. The van der Waals surface area contributed by atoms with Crippen molar-refractivity contribution in [3.8, 4) is 11.5 Å². The van der Waals surface area contributed by atoms with Crippen LogP contribution in [0.1, 0.15) is 19.4 Å². The minimum Gasteiger partial charge on any atom is -0.393 e. The number of nitrogens with two attached hydrogens (primary N) is 3. The Balaban J connectivity index is 0.00000109. The maximum Gasteiger partial charge on any atom is 0.184 e. The number of rotatable bonds is 3. The van der Waals surface area contributed by atoms with Gasteiger partial charge in [-0.25, -0.2) is 24.0 Å². The molecular formula is C19H21FN8. The van der Waals surface area contributed by atoms with Crippen molar-refractivity contribution in [2.24, 2.45) is 0 Å². The second kappa shape index (κ2) is 7.87. The van der Waals surface area contributed by atoms with Crippen LogP contribution < -0.4 is 17.2 Å². The molecule has 8 nitrogen and oxygen atoms in total. The highest BCUT2D eigenvalue weighted by atomic mass is 19.1. The number of nitrogens with zero attached hydrogens (tertiary/aromatic N) is 5. The lowest BCUT2D eigenvalue weighted by molar-refractivity contribution is 0.589. The lowest BCUT2D eigenvalue weighted by atomic mass is 10.2. The first-order valence-corrected chi connectivity index (χ1v) is 8.78. The van der Waals surface area contributed by atoms with Crippen molar-refractivity contribution in [2.75, 3.05) is 17.2 Å². The molecule has 0 fully saturated rings. The fourth-order valence-electron chi connectivity index (χ4n) is 2.68. The molecule has 0 saturated heterocycles. The molecule has 0 unspecified atom stereocenters. The molecule has 0 bridgehead atoms. The van der Waals surface area contributed by atoms with Crippen LogP contribution in [0.2, 0.25) is 0 Å². The quantitative estimate of drug-likeness (QED) is 0.497. The Kier molecular flexibility index (Phi) is 5.35. The number of halogens is 1. The number of hydrogen-bond acceptors (Lipinski definition) is 7. The topological polar surface area (TPSA) is 135 Å². The molecule has 9 heteroatoms. The lowest BCUT2D eigenvalue weighted by Crippen LogP contribution is -2.07. The first kappa shape index (κ1) is 19.0. The van der Waals surface area contributed by atoms with Crippen molar-refractivity contribution in [3.05, 3.63) is 54.0 Å². The van der Waals surface area contributed by atoms with E-state index in [-0.39, 0.29) is 35.5 Å². The summed E-state index contributed by atoms with van der Waals surface area (Å²) < 4.78 is 15.6. The monoisotopic (exact) mass is 380 g/mol. The van der Waals surface area contributed by atoms with Crippen LogP contribution >= 0.6 is 0 Å². The summed E-state index contributed by atoms with van der Waals surface area (Å²) in [5.41, 5.74) is 18.9. The van der Waals surface area contributed by atoms with E-state index in [0.29, 0.717) is 22.3 Å². The number of aromatic nitrogens is 5. The third-order valence-electron chi connectivity index (χ3n) is 4.00. The van der Waals surface area contributed by atoms with E-state index < -0.39 is 0 Å². The van der Waals surface area contributed by atoms with Crippen molar-refractivity contribution < 1.29 is 4.39 Å². The first-order chi connectivity index (χ1) is 13.5. The molecule has 0 aliphatic rings. The normalized spacial score (nSPS) is 10.5. The molecule has 0 amide bonds. The Morgan fingerprint density at radius 2 is 1.64 bits per heavy atom. The SMILES string of the molecule is CC.Nc1nc(-c2nn(Cc3ccccc3F)c3ncccc23)nc(N)c1N. The van der Waals surface area contributed by atoms with Crippen molar-refractivity contribution in [1.29, 1.82) is 0 Å². The fourth-order valence-corrected chi connectivity index (χ4v) is 2.68. The molecule has 3 heterocycles. The van der Waals surface area contributed by atoms with Crippen LogP contribution in [-0.4, -0.2) is 24.7 Å². The Labute approximate surface area is 161 Å². The van der Waals surface area contributed by atoms with Crippen LogP contribution in [0, 0.1) is 5.82 Å². The number of benzene rings is 1. The van der Waals surface area contributed by atoms with Crippen LogP contribution in [0.4, 0.5) is 21.7 Å². The van der Waals surface area contributed by atoms with Crippen LogP contribution in [0.25, 0.3) is 22.6 Å². The number of pyridine rings is 1. The van der Waals surface area contributed by atoms with E-state index in [1.165, 1.54) is 6.07 Å². The molecule has 0 aliphatic heterocycles. The lowest BCUT2D eigenvalue weighted by Gasteiger charge is -2.05. The van der Waals surface area contributed by atoms with E-state index in [1.807, 2.05) is 19.9 Å².